The van der Waals surface area contributed by atoms with Crippen molar-refractivity contribution in [3.63, 3.8) is 0 Å². The number of hydrogen-bond acceptors (Lipinski definition) is 3. The molecule has 2 saturated heterocycles. The van der Waals surface area contributed by atoms with Gasteiger partial charge in [0.1, 0.15) is 0 Å². The molecule has 0 amide bonds. The van der Waals surface area contributed by atoms with E-state index in [1.807, 2.05) is 0 Å². The Kier molecular flexibility index (Phi) is 4.83. The van der Waals surface area contributed by atoms with Crippen molar-refractivity contribution in [1.82, 2.24) is 14.7 Å². The molecule has 3 heteroatoms. The van der Waals surface area contributed by atoms with Gasteiger partial charge in [0.15, 0.2) is 0 Å². The lowest BCUT2D eigenvalue weighted by Crippen LogP contribution is -2.57. The molecule has 3 nitrogen and oxygen atoms in total. The summed E-state index contributed by atoms with van der Waals surface area (Å²) in [5.74, 6) is 0.940. The molecule has 0 aliphatic carbocycles. The third kappa shape index (κ3) is 4.19. The van der Waals surface area contributed by atoms with Gasteiger partial charge in [-0.25, -0.2) is 0 Å². The summed E-state index contributed by atoms with van der Waals surface area (Å²) in [6.07, 6.45) is 1.39. The highest BCUT2D eigenvalue weighted by Gasteiger charge is 2.34. The zero-order chi connectivity index (χ0) is 15.0. The fourth-order valence-electron chi connectivity index (χ4n) is 3.31. The summed E-state index contributed by atoms with van der Waals surface area (Å²) >= 11 is 0. The zero-order valence-corrected chi connectivity index (χ0v) is 14.6. The molecule has 0 atom stereocenters. The van der Waals surface area contributed by atoms with Gasteiger partial charge in [-0.3, -0.25) is 9.80 Å². The first-order valence-electron chi connectivity index (χ1n) is 8.39. The molecule has 2 heterocycles. The predicted molar refractivity (Wildman–Crippen MR) is 87.2 cm³/mol. The molecule has 0 unspecified atom stereocenters. The SMILES string of the molecule is CC(C)(C)N1CCN(CCC2CN(C(C)(C)C)C2)CC1. The lowest BCUT2D eigenvalue weighted by molar-refractivity contribution is 0.00138. The molecule has 0 aromatic carbocycles. The maximum atomic E-state index is 2.67. The van der Waals surface area contributed by atoms with E-state index in [2.05, 4.69) is 56.2 Å². The molecule has 118 valence electrons. The van der Waals surface area contributed by atoms with Crippen LogP contribution < -0.4 is 0 Å². The molecular weight excluding hydrogens is 246 g/mol. The van der Waals surface area contributed by atoms with Crippen LogP contribution in [0.5, 0.6) is 0 Å². The van der Waals surface area contributed by atoms with Crippen molar-refractivity contribution in [2.75, 3.05) is 45.8 Å². The summed E-state index contributed by atoms with van der Waals surface area (Å²) in [5.41, 5.74) is 0.710. The average Bonchev–Trinajstić information content (AvgIpc) is 2.24. The highest BCUT2D eigenvalue weighted by molar-refractivity contribution is 4.89. The summed E-state index contributed by atoms with van der Waals surface area (Å²) in [6.45, 7) is 22.9. The van der Waals surface area contributed by atoms with E-state index in [0.29, 0.717) is 11.1 Å². The number of hydrogen-bond donors (Lipinski definition) is 0. The molecule has 0 N–H and O–H groups in total. The van der Waals surface area contributed by atoms with Gasteiger partial charge in [0, 0.05) is 50.3 Å². The minimum absolute atomic E-state index is 0.341. The van der Waals surface area contributed by atoms with Crippen LogP contribution in [-0.2, 0) is 0 Å². The first kappa shape index (κ1) is 16.3. The molecule has 0 bridgehead atoms. The van der Waals surface area contributed by atoms with Crippen LogP contribution >= 0.6 is 0 Å². The van der Waals surface area contributed by atoms with Crippen LogP contribution in [0, 0.1) is 5.92 Å². The Balaban J connectivity index is 1.61. The summed E-state index contributed by atoms with van der Waals surface area (Å²) in [6, 6.07) is 0. The van der Waals surface area contributed by atoms with Gasteiger partial charge in [0.05, 0.1) is 0 Å². The van der Waals surface area contributed by atoms with Crippen LogP contribution in [-0.4, -0.2) is 71.6 Å². The Morgan fingerprint density at radius 3 is 1.70 bits per heavy atom. The van der Waals surface area contributed by atoms with E-state index < -0.39 is 0 Å². The molecule has 0 spiro atoms. The van der Waals surface area contributed by atoms with Crippen molar-refractivity contribution in [3.05, 3.63) is 0 Å². The molecule has 2 fully saturated rings. The average molecular weight is 281 g/mol. The van der Waals surface area contributed by atoms with Crippen LogP contribution in [0.25, 0.3) is 0 Å². The summed E-state index contributed by atoms with van der Waals surface area (Å²) in [7, 11) is 0. The minimum atomic E-state index is 0.341. The van der Waals surface area contributed by atoms with Crippen LogP contribution in [0.1, 0.15) is 48.0 Å². The Morgan fingerprint density at radius 1 is 0.750 bits per heavy atom. The van der Waals surface area contributed by atoms with E-state index in [9.17, 15) is 0 Å². The third-order valence-corrected chi connectivity index (χ3v) is 5.08. The first-order valence-corrected chi connectivity index (χ1v) is 8.39. The zero-order valence-electron chi connectivity index (χ0n) is 14.6. The fraction of sp³-hybridized carbons (Fsp3) is 1.00. The third-order valence-electron chi connectivity index (χ3n) is 5.08. The number of rotatable bonds is 3. The Bertz CT molecular complexity index is 299. The van der Waals surface area contributed by atoms with Gasteiger partial charge in [0.2, 0.25) is 0 Å². The number of likely N-dealkylation sites (tertiary alicyclic amines) is 1. The van der Waals surface area contributed by atoms with E-state index in [1.54, 1.807) is 0 Å². The van der Waals surface area contributed by atoms with Crippen molar-refractivity contribution in [1.29, 1.82) is 0 Å². The Labute approximate surface area is 126 Å². The van der Waals surface area contributed by atoms with E-state index in [0.717, 1.165) is 5.92 Å². The van der Waals surface area contributed by atoms with Crippen LogP contribution in [0.2, 0.25) is 0 Å². The summed E-state index contributed by atoms with van der Waals surface area (Å²) in [5, 5.41) is 0. The fourth-order valence-corrected chi connectivity index (χ4v) is 3.31. The van der Waals surface area contributed by atoms with Crippen molar-refractivity contribution >= 4 is 0 Å². The highest BCUT2D eigenvalue weighted by Crippen LogP contribution is 2.27. The number of nitrogens with zero attached hydrogens (tertiary/aromatic N) is 3. The topological polar surface area (TPSA) is 9.72 Å². The molecule has 0 radical (unpaired) electrons. The molecular formula is C17H35N3. The first-order chi connectivity index (χ1) is 9.16. The molecule has 0 aromatic heterocycles. The predicted octanol–water partition coefficient (Wildman–Crippen LogP) is 2.52. The van der Waals surface area contributed by atoms with Gasteiger partial charge >= 0.3 is 0 Å². The van der Waals surface area contributed by atoms with E-state index >= 15 is 0 Å². The van der Waals surface area contributed by atoms with Gasteiger partial charge < -0.3 is 4.90 Å². The van der Waals surface area contributed by atoms with Gasteiger partial charge in [-0.05, 0) is 60.4 Å². The van der Waals surface area contributed by atoms with Gasteiger partial charge in [-0.2, -0.15) is 0 Å². The second kappa shape index (κ2) is 5.94. The van der Waals surface area contributed by atoms with Crippen LogP contribution in [0.4, 0.5) is 0 Å². The molecule has 2 aliphatic rings. The van der Waals surface area contributed by atoms with Gasteiger partial charge in [-0.1, -0.05) is 0 Å². The summed E-state index contributed by atoms with van der Waals surface area (Å²) in [4.78, 5) is 7.89. The monoisotopic (exact) mass is 281 g/mol. The highest BCUT2D eigenvalue weighted by atomic mass is 15.3. The Morgan fingerprint density at radius 2 is 1.25 bits per heavy atom. The number of piperazine rings is 1. The van der Waals surface area contributed by atoms with Gasteiger partial charge in [0.25, 0.3) is 0 Å². The molecule has 2 aliphatic heterocycles. The van der Waals surface area contributed by atoms with Gasteiger partial charge in [-0.15, -0.1) is 0 Å². The quantitative estimate of drug-likeness (QED) is 0.787. The van der Waals surface area contributed by atoms with E-state index in [1.165, 1.54) is 52.2 Å². The van der Waals surface area contributed by atoms with Crippen molar-refractivity contribution in [2.45, 2.75) is 59.0 Å². The standard InChI is InChI=1S/C17H35N3/c1-16(2,3)19-11-9-18(10-12-19)8-7-15-13-20(14-15)17(4,5)6/h15H,7-14H2,1-6H3. The largest absolute Gasteiger partial charge is 0.301 e. The van der Waals surface area contributed by atoms with Crippen molar-refractivity contribution in [2.24, 2.45) is 5.92 Å². The smallest absolute Gasteiger partial charge is 0.0126 e. The summed E-state index contributed by atoms with van der Waals surface area (Å²) < 4.78 is 0. The second-order valence-corrected chi connectivity index (χ2v) is 8.73. The molecule has 20 heavy (non-hydrogen) atoms. The maximum Gasteiger partial charge on any atom is 0.0126 e. The molecule has 0 saturated carbocycles. The Hall–Kier alpha value is -0.120. The lowest BCUT2D eigenvalue weighted by Gasteiger charge is -2.48. The lowest BCUT2D eigenvalue weighted by atomic mass is 9.90. The van der Waals surface area contributed by atoms with Crippen LogP contribution in [0.3, 0.4) is 0 Å². The second-order valence-electron chi connectivity index (χ2n) is 8.73. The van der Waals surface area contributed by atoms with Crippen molar-refractivity contribution in [3.8, 4) is 0 Å². The van der Waals surface area contributed by atoms with E-state index in [-0.39, 0.29) is 0 Å². The van der Waals surface area contributed by atoms with Crippen molar-refractivity contribution < 1.29 is 0 Å². The molecule has 0 aromatic rings. The molecule has 2 rings (SSSR count). The normalized spacial score (nSPS) is 24.9. The van der Waals surface area contributed by atoms with E-state index in [4.69, 9.17) is 0 Å². The maximum absolute atomic E-state index is 2.67. The minimum Gasteiger partial charge on any atom is -0.301 e. The van der Waals surface area contributed by atoms with Crippen LogP contribution in [0.15, 0.2) is 0 Å².